The first kappa shape index (κ1) is 30.4. The zero-order valence-corrected chi connectivity index (χ0v) is 22.8. The number of alkyl halides is 3. The lowest BCUT2D eigenvalue weighted by atomic mass is 10.1. The molecule has 1 N–H and O–H groups in total. The Balaban J connectivity index is 2.48. The number of aryl methyl sites for hydroxylation is 1. The lowest BCUT2D eigenvalue weighted by molar-refractivity contribution is -0.139. The topological polar surface area (TPSA) is 86.8 Å². The molecule has 0 saturated carbocycles. The van der Waals surface area contributed by atoms with E-state index in [2.05, 4.69) is 5.32 Å². The van der Waals surface area contributed by atoms with Crippen molar-refractivity contribution in [3.05, 3.63) is 64.2 Å². The molecule has 0 radical (unpaired) electrons. The van der Waals surface area contributed by atoms with Gasteiger partial charge < -0.3 is 10.2 Å². The fraction of sp³-hybridized carbons (Fsp3) is 0.440. The summed E-state index contributed by atoms with van der Waals surface area (Å²) in [6.07, 6.45) is -3.39. The molecule has 0 aromatic heterocycles. The summed E-state index contributed by atoms with van der Waals surface area (Å²) < 4.78 is 66.0. The van der Waals surface area contributed by atoms with Gasteiger partial charge in [-0.1, -0.05) is 48.4 Å². The number of carbonyl (C=O) groups excluding carboxylic acids is 2. The maximum absolute atomic E-state index is 13.5. The minimum atomic E-state index is -4.83. The molecule has 0 bridgehead atoms. The highest BCUT2D eigenvalue weighted by Gasteiger charge is 2.35. The lowest BCUT2D eigenvalue weighted by Crippen LogP contribution is -2.52. The molecule has 0 aliphatic heterocycles. The second-order valence-electron chi connectivity index (χ2n) is 8.94. The number of amides is 2. The Bertz CT molecular complexity index is 1240. The molecule has 0 spiro atoms. The van der Waals surface area contributed by atoms with Gasteiger partial charge >= 0.3 is 6.18 Å². The molecule has 12 heteroatoms. The van der Waals surface area contributed by atoms with Crippen LogP contribution < -0.4 is 9.62 Å². The standard InChI is InChI=1S/C25H31ClF3N3O4S/c1-6-17(3)30-24(34)18(4)31(14-19-9-7-8-16(2)12-19)23(33)15-32(37(5,35)36)20-10-11-22(26)21(13-20)25(27,28)29/h7-13,17-18H,6,14-15H2,1-5H3,(H,30,34)/t17-,18+/m1/s1. The molecule has 2 amide bonds. The summed E-state index contributed by atoms with van der Waals surface area (Å²) in [5.41, 5.74) is 0.0129. The Labute approximate surface area is 220 Å². The maximum atomic E-state index is 13.5. The Hall–Kier alpha value is -2.79. The molecule has 7 nitrogen and oxygen atoms in total. The van der Waals surface area contributed by atoms with Crippen molar-refractivity contribution in [1.29, 1.82) is 0 Å². The summed E-state index contributed by atoms with van der Waals surface area (Å²) in [5.74, 6) is -1.20. The van der Waals surface area contributed by atoms with E-state index in [1.165, 1.54) is 11.8 Å². The number of sulfonamides is 1. The number of nitrogens with one attached hydrogen (secondary N) is 1. The molecule has 204 valence electrons. The van der Waals surface area contributed by atoms with Crippen LogP contribution in [0.1, 0.15) is 43.9 Å². The smallest absolute Gasteiger partial charge is 0.352 e. The summed E-state index contributed by atoms with van der Waals surface area (Å²) in [4.78, 5) is 27.6. The van der Waals surface area contributed by atoms with Crippen molar-refractivity contribution in [3.8, 4) is 0 Å². The van der Waals surface area contributed by atoms with E-state index in [9.17, 15) is 31.2 Å². The summed E-state index contributed by atoms with van der Waals surface area (Å²) in [6.45, 7) is 6.24. The van der Waals surface area contributed by atoms with Gasteiger partial charge in [0, 0.05) is 12.6 Å². The van der Waals surface area contributed by atoms with Crippen LogP contribution in [0.15, 0.2) is 42.5 Å². The van der Waals surface area contributed by atoms with Crippen molar-refractivity contribution in [2.24, 2.45) is 0 Å². The number of hydrogen-bond acceptors (Lipinski definition) is 4. The van der Waals surface area contributed by atoms with E-state index in [-0.39, 0.29) is 18.3 Å². The zero-order chi connectivity index (χ0) is 28.1. The highest BCUT2D eigenvalue weighted by molar-refractivity contribution is 7.92. The Morgan fingerprint density at radius 1 is 1.11 bits per heavy atom. The van der Waals surface area contributed by atoms with E-state index in [4.69, 9.17) is 11.6 Å². The molecule has 0 aliphatic rings. The Kier molecular flexibility index (Phi) is 10.0. The fourth-order valence-electron chi connectivity index (χ4n) is 3.55. The van der Waals surface area contributed by atoms with E-state index in [1.807, 2.05) is 32.9 Å². The van der Waals surface area contributed by atoms with Crippen LogP contribution in [0.4, 0.5) is 18.9 Å². The molecule has 2 rings (SSSR count). The lowest BCUT2D eigenvalue weighted by Gasteiger charge is -2.32. The third-order valence-electron chi connectivity index (χ3n) is 5.83. The first-order chi connectivity index (χ1) is 17.0. The van der Waals surface area contributed by atoms with Crippen LogP contribution in [0.25, 0.3) is 0 Å². The maximum Gasteiger partial charge on any atom is 0.417 e. The van der Waals surface area contributed by atoms with Gasteiger partial charge in [-0.05, 0) is 51.0 Å². The van der Waals surface area contributed by atoms with Crippen molar-refractivity contribution >= 4 is 39.1 Å². The quantitative estimate of drug-likeness (QED) is 0.453. The molecular formula is C25H31ClF3N3O4S. The van der Waals surface area contributed by atoms with E-state index in [0.29, 0.717) is 22.4 Å². The van der Waals surface area contributed by atoms with Gasteiger partial charge in [0.1, 0.15) is 12.6 Å². The van der Waals surface area contributed by atoms with Crippen molar-refractivity contribution in [2.45, 2.75) is 58.9 Å². The van der Waals surface area contributed by atoms with Gasteiger partial charge in [-0.2, -0.15) is 13.2 Å². The third kappa shape index (κ3) is 8.36. The molecule has 2 atom stereocenters. The van der Waals surface area contributed by atoms with E-state index in [0.717, 1.165) is 24.0 Å². The molecule has 37 heavy (non-hydrogen) atoms. The highest BCUT2D eigenvalue weighted by Crippen LogP contribution is 2.37. The van der Waals surface area contributed by atoms with E-state index in [1.54, 1.807) is 12.1 Å². The van der Waals surface area contributed by atoms with Gasteiger partial charge in [0.15, 0.2) is 0 Å². The monoisotopic (exact) mass is 561 g/mol. The van der Waals surface area contributed by atoms with Gasteiger partial charge in [-0.15, -0.1) is 0 Å². The van der Waals surface area contributed by atoms with Gasteiger partial charge in [-0.25, -0.2) is 8.42 Å². The first-order valence-electron chi connectivity index (χ1n) is 11.5. The summed E-state index contributed by atoms with van der Waals surface area (Å²) in [7, 11) is -4.20. The van der Waals surface area contributed by atoms with Crippen LogP contribution in [0.2, 0.25) is 5.02 Å². The highest BCUT2D eigenvalue weighted by atomic mass is 35.5. The molecule has 0 unspecified atom stereocenters. The second kappa shape index (κ2) is 12.2. The number of hydrogen-bond donors (Lipinski definition) is 1. The SMILES string of the molecule is CC[C@@H](C)NC(=O)[C@H](C)N(Cc1cccc(C)c1)C(=O)CN(c1ccc(Cl)c(C(F)(F)F)c1)S(C)(=O)=O. The van der Waals surface area contributed by atoms with E-state index < -0.39 is 51.2 Å². The van der Waals surface area contributed by atoms with Crippen molar-refractivity contribution < 1.29 is 31.2 Å². The average molecular weight is 562 g/mol. The number of carbonyl (C=O) groups is 2. The van der Waals surface area contributed by atoms with Gasteiger partial charge in [0.25, 0.3) is 0 Å². The van der Waals surface area contributed by atoms with Crippen LogP contribution in [0, 0.1) is 6.92 Å². The molecule has 0 fully saturated rings. The van der Waals surface area contributed by atoms with Crippen LogP contribution in [0.5, 0.6) is 0 Å². The van der Waals surface area contributed by atoms with Crippen molar-refractivity contribution in [3.63, 3.8) is 0 Å². The fourth-order valence-corrected chi connectivity index (χ4v) is 4.62. The molecular weight excluding hydrogens is 531 g/mol. The number of rotatable bonds is 10. The Morgan fingerprint density at radius 3 is 2.30 bits per heavy atom. The number of benzene rings is 2. The minimum absolute atomic E-state index is 0.0123. The van der Waals surface area contributed by atoms with Crippen LogP contribution in [-0.2, 0) is 32.3 Å². The molecule has 2 aromatic rings. The molecule has 0 saturated heterocycles. The minimum Gasteiger partial charge on any atom is -0.352 e. The normalized spacial score (nSPS) is 13.5. The van der Waals surface area contributed by atoms with Gasteiger partial charge in [0.2, 0.25) is 21.8 Å². The average Bonchev–Trinajstić information content (AvgIpc) is 2.79. The second-order valence-corrected chi connectivity index (χ2v) is 11.3. The van der Waals surface area contributed by atoms with Gasteiger partial charge in [-0.3, -0.25) is 13.9 Å². The van der Waals surface area contributed by atoms with Crippen LogP contribution in [-0.4, -0.2) is 50.0 Å². The van der Waals surface area contributed by atoms with Crippen molar-refractivity contribution in [2.75, 3.05) is 17.1 Å². The first-order valence-corrected chi connectivity index (χ1v) is 13.8. The predicted octanol–water partition coefficient (Wildman–Crippen LogP) is 4.77. The van der Waals surface area contributed by atoms with Crippen molar-refractivity contribution in [1.82, 2.24) is 10.2 Å². The molecule has 2 aromatic carbocycles. The van der Waals surface area contributed by atoms with Crippen LogP contribution >= 0.6 is 11.6 Å². The summed E-state index contributed by atoms with van der Waals surface area (Å²) >= 11 is 5.68. The Morgan fingerprint density at radius 2 is 1.76 bits per heavy atom. The number of halogens is 4. The predicted molar refractivity (Wildman–Crippen MR) is 138 cm³/mol. The number of nitrogens with zero attached hydrogens (tertiary/aromatic N) is 2. The molecule has 0 aliphatic carbocycles. The summed E-state index contributed by atoms with van der Waals surface area (Å²) in [6, 6.07) is 8.68. The molecule has 0 heterocycles. The van der Waals surface area contributed by atoms with E-state index >= 15 is 0 Å². The zero-order valence-electron chi connectivity index (χ0n) is 21.3. The van der Waals surface area contributed by atoms with Crippen LogP contribution in [0.3, 0.4) is 0 Å². The summed E-state index contributed by atoms with van der Waals surface area (Å²) in [5, 5.41) is 2.20. The third-order valence-corrected chi connectivity index (χ3v) is 7.30. The number of anilines is 1. The largest absolute Gasteiger partial charge is 0.417 e. The van der Waals surface area contributed by atoms with Gasteiger partial charge in [0.05, 0.1) is 22.5 Å².